The molecule has 3 rings (SSSR count). The van der Waals surface area contributed by atoms with Crippen LogP contribution < -0.4 is 15.5 Å². The van der Waals surface area contributed by atoms with E-state index in [4.69, 9.17) is 0 Å². The molecule has 0 aliphatic rings. The molecule has 27 heavy (non-hydrogen) atoms. The van der Waals surface area contributed by atoms with Gasteiger partial charge < -0.3 is 15.5 Å². The smallest absolute Gasteiger partial charge is 0.274 e. The quantitative estimate of drug-likeness (QED) is 0.700. The largest absolute Gasteiger partial charge is 0.378 e. The van der Waals surface area contributed by atoms with E-state index >= 15 is 0 Å². The van der Waals surface area contributed by atoms with Crippen molar-refractivity contribution >= 4 is 28.7 Å². The van der Waals surface area contributed by atoms with Gasteiger partial charge in [-0.1, -0.05) is 6.07 Å². The predicted octanol–water partition coefficient (Wildman–Crippen LogP) is 4.42. The lowest BCUT2D eigenvalue weighted by Crippen LogP contribution is -2.14. The van der Waals surface area contributed by atoms with Gasteiger partial charge in [-0.3, -0.25) is 4.79 Å². The van der Waals surface area contributed by atoms with Gasteiger partial charge in [-0.2, -0.15) is 0 Å². The van der Waals surface area contributed by atoms with E-state index < -0.39 is 11.6 Å². The molecule has 0 fully saturated rings. The molecule has 0 spiro atoms. The molecule has 0 unspecified atom stereocenters. The lowest BCUT2D eigenvalue weighted by Gasteiger charge is -2.13. The Labute approximate surface area is 155 Å². The molecule has 3 aromatic rings. The second-order valence-corrected chi connectivity index (χ2v) is 6.05. The van der Waals surface area contributed by atoms with Crippen LogP contribution in [0.1, 0.15) is 10.5 Å². The summed E-state index contributed by atoms with van der Waals surface area (Å²) in [6.07, 6.45) is 1.34. The molecule has 1 aromatic heterocycles. The predicted molar refractivity (Wildman–Crippen MR) is 103 cm³/mol. The molecule has 0 atom stereocenters. The van der Waals surface area contributed by atoms with Crippen LogP contribution in [0.25, 0.3) is 0 Å². The highest BCUT2D eigenvalue weighted by molar-refractivity contribution is 6.03. The number of hydrogen-bond donors (Lipinski definition) is 2. The summed E-state index contributed by atoms with van der Waals surface area (Å²) in [5, 5.41) is 5.38. The molecule has 2 N–H and O–H groups in total. The Morgan fingerprint density at radius 3 is 2.11 bits per heavy atom. The first-order chi connectivity index (χ1) is 12.9. The number of nitrogens with zero attached hydrogens (tertiary/aromatic N) is 2. The fourth-order valence-corrected chi connectivity index (χ4v) is 2.40. The third-order valence-electron chi connectivity index (χ3n) is 3.87. The second-order valence-electron chi connectivity index (χ2n) is 6.05. The van der Waals surface area contributed by atoms with E-state index in [0.29, 0.717) is 11.4 Å². The molecule has 0 aliphatic carbocycles. The maximum atomic E-state index is 13.7. The summed E-state index contributed by atoms with van der Waals surface area (Å²) < 4.78 is 27.3. The molecule has 5 nitrogen and oxygen atoms in total. The first kappa shape index (κ1) is 18.3. The molecule has 0 bridgehead atoms. The van der Waals surface area contributed by atoms with Crippen LogP contribution in [0.3, 0.4) is 0 Å². The van der Waals surface area contributed by atoms with Gasteiger partial charge in [0.15, 0.2) is 0 Å². The fraction of sp³-hybridized carbons (Fsp3) is 0.100. The van der Waals surface area contributed by atoms with Crippen LogP contribution >= 0.6 is 0 Å². The summed E-state index contributed by atoms with van der Waals surface area (Å²) in [7, 11) is 3.86. The van der Waals surface area contributed by atoms with Crippen LogP contribution in [0.5, 0.6) is 0 Å². The molecule has 1 heterocycles. The zero-order valence-corrected chi connectivity index (χ0v) is 14.8. The normalized spacial score (nSPS) is 10.4. The van der Waals surface area contributed by atoms with Crippen LogP contribution in [0.15, 0.2) is 60.8 Å². The van der Waals surface area contributed by atoms with Gasteiger partial charge in [0, 0.05) is 25.5 Å². The number of aromatic nitrogens is 1. The molecule has 0 radical (unpaired) electrons. The number of carbonyl (C=O) groups is 1. The first-order valence-electron chi connectivity index (χ1n) is 8.20. The third-order valence-corrected chi connectivity index (χ3v) is 3.87. The van der Waals surface area contributed by atoms with E-state index in [2.05, 4.69) is 15.6 Å². The van der Waals surface area contributed by atoms with Crippen molar-refractivity contribution < 1.29 is 13.6 Å². The standard InChI is InChI=1S/C20H18F2N4O/c1-26(2)15-9-6-13(7-10-15)25-20(27)18-11-8-14(12-23-18)24-19-16(21)4-3-5-17(19)22/h3-12,24H,1-2H3,(H,25,27). The molecule has 0 saturated heterocycles. The van der Waals surface area contributed by atoms with E-state index in [9.17, 15) is 13.6 Å². The highest BCUT2D eigenvalue weighted by Crippen LogP contribution is 2.23. The number of carbonyl (C=O) groups excluding carboxylic acids is 1. The summed E-state index contributed by atoms with van der Waals surface area (Å²) in [6, 6.07) is 14.0. The van der Waals surface area contributed by atoms with Crippen molar-refractivity contribution in [1.29, 1.82) is 0 Å². The van der Waals surface area contributed by atoms with Gasteiger partial charge >= 0.3 is 0 Å². The number of benzene rings is 2. The van der Waals surface area contributed by atoms with Gasteiger partial charge in [0.1, 0.15) is 23.0 Å². The molecule has 0 aliphatic heterocycles. The third kappa shape index (κ3) is 4.38. The minimum Gasteiger partial charge on any atom is -0.378 e. The Hall–Kier alpha value is -3.48. The molecule has 2 aromatic carbocycles. The highest BCUT2D eigenvalue weighted by Gasteiger charge is 2.11. The van der Waals surface area contributed by atoms with Gasteiger partial charge in [0.05, 0.1) is 11.9 Å². The minimum atomic E-state index is -0.710. The number of nitrogens with one attached hydrogen (secondary N) is 2. The molecule has 138 valence electrons. The van der Waals surface area contributed by atoms with Crippen LogP contribution in [-0.4, -0.2) is 25.0 Å². The minimum absolute atomic E-state index is 0.186. The number of halogens is 2. The zero-order chi connectivity index (χ0) is 19.4. The van der Waals surface area contributed by atoms with E-state index in [1.807, 2.05) is 31.1 Å². The summed E-state index contributed by atoms with van der Waals surface area (Å²) in [4.78, 5) is 18.3. The Balaban J connectivity index is 1.68. The van der Waals surface area contributed by atoms with Crippen molar-refractivity contribution in [3.8, 4) is 0 Å². The van der Waals surface area contributed by atoms with Crippen molar-refractivity contribution in [2.75, 3.05) is 29.6 Å². The molecule has 7 heteroatoms. The first-order valence-corrected chi connectivity index (χ1v) is 8.20. The SMILES string of the molecule is CN(C)c1ccc(NC(=O)c2ccc(Nc3c(F)cccc3F)cn2)cc1. The van der Waals surface area contributed by atoms with Gasteiger partial charge in [0.25, 0.3) is 5.91 Å². The van der Waals surface area contributed by atoms with E-state index in [-0.39, 0.29) is 17.3 Å². The van der Waals surface area contributed by atoms with Crippen LogP contribution in [0.2, 0.25) is 0 Å². The number of para-hydroxylation sites is 1. The van der Waals surface area contributed by atoms with Gasteiger partial charge in [0.2, 0.25) is 0 Å². The van der Waals surface area contributed by atoms with E-state index in [1.54, 1.807) is 12.1 Å². The molecular formula is C20H18F2N4O. The lowest BCUT2D eigenvalue weighted by atomic mass is 10.2. The zero-order valence-electron chi connectivity index (χ0n) is 14.8. The Morgan fingerprint density at radius 1 is 0.926 bits per heavy atom. The van der Waals surface area contributed by atoms with Crippen LogP contribution in [0.4, 0.5) is 31.5 Å². The fourth-order valence-electron chi connectivity index (χ4n) is 2.40. The summed E-state index contributed by atoms with van der Waals surface area (Å²) in [5.41, 5.74) is 1.94. The van der Waals surface area contributed by atoms with Crippen molar-refractivity contribution in [2.24, 2.45) is 0 Å². The van der Waals surface area contributed by atoms with Gasteiger partial charge in [-0.15, -0.1) is 0 Å². The highest BCUT2D eigenvalue weighted by atomic mass is 19.1. The topological polar surface area (TPSA) is 57.3 Å². The lowest BCUT2D eigenvalue weighted by molar-refractivity contribution is 0.102. The molecular weight excluding hydrogens is 350 g/mol. The van der Waals surface area contributed by atoms with Crippen molar-refractivity contribution in [1.82, 2.24) is 4.98 Å². The number of hydrogen-bond acceptors (Lipinski definition) is 4. The summed E-state index contributed by atoms with van der Waals surface area (Å²) in [5.74, 6) is -1.80. The van der Waals surface area contributed by atoms with Crippen molar-refractivity contribution in [3.63, 3.8) is 0 Å². The maximum Gasteiger partial charge on any atom is 0.274 e. The number of amides is 1. The summed E-state index contributed by atoms with van der Waals surface area (Å²) in [6.45, 7) is 0. The van der Waals surface area contributed by atoms with E-state index in [0.717, 1.165) is 17.8 Å². The van der Waals surface area contributed by atoms with Crippen LogP contribution in [-0.2, 0) is 0 Å². The van der Waals surface area contributed by atoms with Gasteiger partial charge in [-0.05, 0) is 48.5 Å². The maximum absolute atomic E-state index is 13.7. The molecule has 1 amide bonds. The van der Waals surface area contributed by atoms with Crippen molar-refractivity contribution in [3.05, 3.63) is 78.1 Å². The van der Waals surface area contributed by atoms with E-state index in [1.165, 1.54) is 24.4 Å². The average Bonchev–Trinajstić information content (AvgIpc) is 2.66. The van der Waals surface area contributed by atoms with Gasteiger partial charge in [-0.25, -0.2) is 13.8 Å². The Bertz CT molecular complexity index is 921. The average molecular weight is 368 g/mol. The monoisotopic (exact) mass is 368 g/mol. The summed E-state index contributed by atoms with van der Waals surface area (Å²) >= 11 is 0. The Morgan fingerprint density at radius 2 is 1.56 bits per heavy atom. The second kappa shape index (κ2) is 7.82. The number of pyridine rings is 1. The Kier molecular flexibility index (Phi) is 5.30. The molecule has 0 saturated carbocycles. The number of anilines is 4. The van der Waals surface area contributed by atoms with Crippen LogP contribution in [0, 0.1) is 11.6 Å². The number of rotatable bonds is 5. The van der Waals surface area contributed by atoms with Crippen molar-refractivity contribution in [2.45, 2.75) is 0 Å².